The van der Waals surface area contributed by atoms with Crippen molar-refractivity contribution in [1.29, 1.82) is 0 Å². The maximum Gasteiger partial charge on any atom is 0.325 e. The standard InChI is InChI=1S/C22H38O5/c1-4-25-20(23)22(3,21(24)26-5-2)16-27-19-13-11-18(12-14-19)15-17-9-7-6-8-10-17/h17-19H,4-16H2,1-3H3. The Morgan fingerprint density at radius 1 is 0.815 bits per heavy atom. The molecule has 0 radical (unpaired) electrons. The second-order valence-corrected chi connectivity index (χ2v) is 8.47. The maximum absolute atomic E-state index is 12.3. The molecule has 156 valence electrons. The zero-order valence-corrected chi connectivity index (χ0v) is 17.5. The molecular weight excluding hydrogens is 344 g/mol. The van der Waals surface area contributed by atoms with Crippen molar-refractivity contribution in [1.82, 2.24) is 0 Å². The Labute approximate surface area is 164 Å². The molecule has 0 bridgehead atoms. The predicted octanol–water partition coefficient (Wildman–Crippen LogP) is 4.66. The van der Waals surface area contributed by atoms with Crippen molar-refractivity contribution in [2.45, 2.75) is 91.1 Å². The van der Waals surface area contributed by atoms with Gasteiger partial charge in [0.1, 0.15) is 0 Å². The van der Waals surface area contributed by atoms with Crippen LogP contribution in [0.2, 0.25) is 0 Å². The Morgan fingerprint density at radius 3 is 1.85 bits per heavy atom. The highest BCUT2D eigenvalue weighted by Crippen LogP contribution is 2.36. The van der Waals surface area contributed by atoms with Gasteiger partial charge in [-0.1, -0.05) is 32.1 Å². The van der Waals surface area contributed by atoms with Crippen LogP contribution in [-0.2, 0) is 23.8 Å². The van der Waals surface area contributed by atoms with Gasteiger partial charge in [0.2, 0.25) is 0 Å². The van der Waals surface area contributed by atoms with E-state index in [1.165, 1.54) is 51.4 Å². The van der Waals surface area contributed by atoms with Crippen LogP contribution < -0.4 is 0 Å². The Bertz CT molecular complexity index is 443. The van der Waals surface area contributed by atoms with E-state index in [-0.39, 0.29) is 25.9 Å². The normalized spacial score (nSPS) is 24.4. The van der Waals surface area contributed by atoms with Gasteiger partial charge in [0.15, 0.2) is 5.41 Å². The van der Waals surface area contributed by atoms with Crippen molar-refractivity contribution >= 4 is 11.9 Å². The molecule has 0 aliphatic heterocycles. The average Bonchev–Trinajstić information content (AvgIpc) is 2.68. The van der Waals surface area contributed by atoms with Crippen molar-refractivity contribution in [3.8, 4) is 0 Å². The van der Waals surface area contributed by atoms with Crippen molar-refractivity contribution in [3.63, 3.8) is 0 Å². The SMILES string of the molecule is CCOC(=O)C(C)(COC1CCC(CC2CCCCC2)CC1)C(=O)OCC. The van der Waals surface area contributed by atoms with Crippen LogP contribution in [0.3, 0.4) is 0 Å². The molecule has 0 amide bonds. The molecule has 0 saturated heterocycles. The molecule has 5 nitrogen and oxygen atoms in total. The number of rotatable bonds is 9. The molecule has 0 aromatic rings. The van der Waals surface area contributed by atoms with E-state index in [1.54, 1.807) is 20.8 Å². The van der Waals surface area contributed by atoms with Gasteiger partial charge in [-0.15, -0.1) is 0 Å². The van der Waals surface area contributed by atoms with Crippen LogP contribution in [0.15, 0.2) is 0 Å². The molecule has 0 atom stereocenters. The summed E-state index contributed by atoms with van der Waals surface area (Å²) in [6.45, 7) is 5.54. The zero-order valence-electron chi connectivity index (χ0n) is 17.5. The Kier molecular flexibility index (Phi) is 9.07. The molecule has 2 rings (SSSR count). The third-order valence-corrected chi connectivity index (χ3v) is 6.24. The first-order valence-corrected chi connectivity index (χ1v) is 11.0. The first-order chi connectivity index (χ1) is 13.0. The first-order valence-electron chi connectivity index (χ1n) is 11.0. The minimum Gasteiger partial charge on any atom is -0.465 e. The van der Waals surface area contributed by atoms with Gasteiger partial charge in [0.05, 0.1) is 25.9 Å². The zero-order chi connectivity index (χ0) is 19.7. The highest BCUT2D eigenvalue weighted by molar-refractivity contribution is 5.99. The maximum atomic E-state index is 12.3. The van der Waals surface area contributed by atoms with Gasteiger partial charge < -0.3 is 14.2 Å². The Balaban J connectivity index is 1.79. The minimum atomic E-state index is -1.38. The molecule has 2 saturated carbocycles. The van der Waals surface area contributed by atoms with Gasteiger partial charge in [-0.3, -0.25) is 9.59 Å². The first kappa shape index (κ1) is 22.2. The summed E-state index contributed by atoms with van der Waals surface area (Å²) in [6.07, 6.45) is 12.9. The van der Waals surface area contributed by atoms with Crippen LogP contribution in [-0.4, -0.2) is 37.9 Å². The predicted molar refractivity (Wildman–Crippen MR) is 104 cm³/mol. The number of carbonyl (C=O) groups is 2. The highest BCUT2D eigenvalue weighted by atomic mass is 16.6. The van der Waals surface area contributed by atoms with Crippen LogP contribution in [0.25, 0.3) is 0 Å². The van der Waals surface area contributed by atoms with E-state index in [0.717, 1.165) is 24.7 Å². The molecule has 0 aromatic heterocycles. The third-order valence-electron chi connectivity index (χ3n) is 6.24. The number of carbonyl (C=O) groups excluding carboxylic acids is 2. The van der Waals surface area contributed by atoms with Crippen molar-refractivity contribution < 1.29 is 23.8 Å². The number of hydrogen-bond donors (Lipinski definition) is 0. The summed E-state index contributed by atoms with van der Waals surface area (Å²) in [4.78, 5) is 24.6. The van der Waals surface area contributed by atoms with Gasteiger partial charge in [-0.05, 0) is 64.7 Å². The van der Waals surface area contributed by atoms with E-state index < -0.39 is 17.4 Å². The summed E-state index contributed by atoms with van der Waals surface area (Å²) in [5.41, 5.74) is -1.38. The fourth-order valence-electron chi connectivity index (χ4n) is 4.49. The molecule has 0 N–H and O–H groups in total. The molecule has 5 heteroatoms. The minimum absolute atomic E-state index is 0.0304. The quantitative estimate of drug-likeness (QED) is 0.428. The fourth-order valence-corrected chi connectivity index (χ4v) is 4.49. The molecule has 0 unspecified atom stereocenters. The fraction of sp³-hybridized carbons (Fsp3) is 0.909. The van der Waals surface area contributed by atoms with Gasteiger partial charge >= 0.3 is 11.9 Å². The van der Waals surface area contributed by atoms with Crippen LogP contribution in [0.1, 0.15) is 85.0 Å². The lowest BCUT2D eigenvalue weighted by molar-refractivity contribution is -0.177. The largest absolute Gasteiger partial charge is 0.465 e. The van der Waals surface area contributed by atoms with Gasteiger partial charge in [-0.25, -0.2) is 0 Å². The molecule has 2 aliphatic rings. The van der Waals surface area contributed by atoms with E-state index in [1.807, 2.05) is 0 Å². The summed E-state index contributed by atoms with van der Waals surface area (Å²) < 4.78 is 16.2. The highest BCUT2D eigenvalue weighted by Gasteiger charge is 2.45. The van der Waals surface area contributed by atoms with Crippen molar-refractivity contribution in [2.75, 3.05) is 19.8 Å². The van der Waals surface area contributed by atoms with Crippen molar-refractivity contribution in [3.05, 3.63) is 0 Å². The lowest BCUT2D eigenvalue weighted by Crippen LogP contribution is -2.44. The van der Waals surface area contributed by atoms with Gasteiger partial charge in [0, 0.05) is 0 Å². The lowest BCUT2D eigenvalue weighted by atomic mass is 9.77. The van der Waals surface area contributed by atoms with E-state index in [2.05, 4.69) is 0 Å². The van der Waals surface area contributed by atoms with Crippen LogP contribution in [0.4, 0.5) is 0 Å². The summed E-state index contributed by atoms with van der Waals surface area (Å²) in [7, 11) is 0. The third kappa shape index (κ3) is 6.48. The second-order valence-electron chi connectivity index (χ2n) is 8.47. The van der Waals surface area contributed by atoms with Gasteiger partial charge in [0.25, 0.3) is 0 Å². The molecular formula is C22H38O5. The number of hydrogen-bond acceptors (Lipinski definition) is 5. The molecule has 0 heterocycles. The number of ether oxygens (including phenoxy) is 3. The molecule has 2 aliphatic carbocycles. The summed E-state index contributed by atoms with van der Waals surface area (Å²) in [5, 5.41) is 0. The smallest absolute Gasteiger partial charge is 0.325 e. The van der Waals surface area contributed by atoms with Crippen LogP contribution >= 0.6 is 0 Å². The molecule has 2 fully saturated rings. The summed E-state index contributed by atoms with van der Waals surface area (Å²) in [6, 6.07) is 0. The van der Waals surface area contributed by atoms with Crippen LogP contribution in [0, 0.1) is 17.3 Å². The monoisotopic (exact) mass is 382 g/mol. The molecule has 0 aromatic carbocycles. The Hall–Kier alpha value is -1.10. The molecule has 27 heavy (non-hydrogen) atoms. The van der Waals surface area contributed by atoms with E-state index in [0.29, 0.717) is 0 Å². The van der Waals surface area contributed by atoms with Crippen LogP contribution in [0.5, 0.6) is 0 Å². The van der Waals surface area contributed by atoms with E-state index in [9.17, 15) is 9.59 Å². The summed E-state index contributed by atoms with van der Waals surface area (Å²) >= 11 is 0. The Morgan fingerprint density at radius 2 is 1.33 bits per heavy atom. The van der Waals surface area contributed by atoms with Gasteiger partial charge in [-0.2, -0.15) is 0 Å². The summed E-state index contributed by atoms with van der Waals surface area (Å²) in [5.74, 6) is 0.621. The topological polar surface area (TPSA) is 61.8 Å². The average molecular weight is 383 g/mol. The lowest BCUT2D eigenvalue weighted by Gasteiger charge is -2.33. The van der Waals surface area contributed by atoms with E-state index in [4.69, 9.17) is 14.2 Å². The van der Waals surface area contributed by atoms with Crippen molar-refractivity contribution in [2.24, 2.45) is 17.3 Å². The number of esters is 2. The molecule has 0 spiro atoms. The van der Waals surface area contributed by atoms with E-state index >= 15 is 0 Å². The second kappa shape index (κ2) is 11.0.